The molecule has 0 spiro atoms. The minimum atomic E-state index is 0.922. The molecule has 0 amide bonds. The van der Waals surface area contributed by atoms with Crippen LogP contribution in [0, 0.1) is 0 Å². The average molecular weight is 268 g/mol. The number of benzene rings is 1. The third-order valence-electron chi connectivity index (χ3n) is 1.80. The molecule has 0 unspecified atom stereocenters. The van der Waals surface area contributed by atoms with Gasteiger partial charge in [0, 0.05) is 0 Å². The Labute approximate surface area is 87.8 Å². The van der Waals surface area contributed by atoms with Gasteiger partial charge in [-0.05, 0) is 0 Å². The number of hydrogen-bond acceptors (Lipinski definition) is 1. The Bertz CT molecular complexity index is 198. The molecule has 2 heteroatoms. The van der Waals surface area contributed by atoms with Gasteiger partial charge in [-0.2, -0.15) is 0 Å². The first-order valence-corrected chi connectivity index (χ1v) is 5.42. The first-order valence-electron chi connectivity index (χ1n) is 4.26. The molecule has 1 aromatic rings. The molecule has 1 nitrogen and oxygen atoms in total. The van der Waals surface area contributed by atoms with Crippen molar-refractivity contribution in [1.29, 1.82) is 0 Å². The third-order valence-corrected chi connectivity index (χ3v) is 2.39. The molecule has 0 aliphatic heterocycles. The minimum absolute atomic E-state index is 0.922. The van der Waals surface area contributed by atoms with Crippen LogP contribution in [0.1, 0.15) is 18.4 Å². The van der Waals surface area contributed by atoms with Crippen molar-refractivity contribution in [2.24, 2.45) is 0 Å². The Morgan fingerprint density at radius 1 is 1.08 bits per heavy atom. The Morgan fingerprint density at radius 3 is 2.50 bits per heavy atom. The molecule has 0 aromatic heterocycles. The van der Waals surface area contributed by atoms with Crippen LogP contribution in [0.15, 0.2) is 30.3 Å². The molecule has 1 rings (SSSR count). The second kappa shape index (κ2) is 6.49. The third kappa shape index (κ3) is 4.12. The Hall–Kier alpha value is -0.0213. The van der Waals surface area contributed by atoms with Crippen molar-refractivity contribution in [2.75, 3.05) is 6.61 Å². The summed E-state index contributed by atoms with van der Waals surface area (Å²) in [5, 5.41) is 0. The first kappa shape index (κ1) is 10.1. The normalized spacial score (nSPS) is 10.1. The zero-order chi connectivity index (χ0) is 8.65. The van der Waals surface area contributed by atoms with Gasteiger partial charge in [-0.25, -0.2) is 0 Å². The molecule has 0 aliphatic carbocycles. The standard InChI is InChI=1S/C10H13O.Sn/c11-9-5-4-8-10-6-2-1-3-7-10;/h1-3,6-7H,4-5,8-9H2;/q-1;+1. The van der Waals surface area contributed by atoms with E-state index in [1.807, 2.05) is 0 Å². The van der Waals surface area contributed by atoms with Crippen molar-refractivity contribution in [3.8, 4) is 0 Å². The molecule has 0 heterocycles. The first-order chi connectivity index (χ1) is 5.93. The molecule has 0 fully saturated rings. The van der Waals surface area contributed by atoms with Crippen molar-refractivity contribution in [2.45, 2.75) is 19.3 Å². The quantitative estimate of drug-likeness (QED) is 0.587. The van der Waals surface area contributed by atoms with E-state index in [9.17, 15) is 0 Å². The molecule has 0 N–H and O–H groups in total. The Balaban J connectivity index is 2.16. The molecule has 3 radical (unpaired) electrons. The maximum atomic E-state index is 5.07. The van der Waals surface area contributed by atoms with Crippen LogP contribution in [0.25, 0.3) is 0 Å². The van der Waals surface area contributed by atoms with Crippen molar-refractivity contribution in [3.05, 3.63) is 35.9 Å². The topological polar surface area (TPSA) is 9.23 Å². The van der Waals surface area contributed by atoms with Gasteiger partial charge in [0.05, 0.1) is 0 Å². The second-order valence-corrected chi connectivity index (χ2v) is 3.62. The van der Waals surface area contributed by atoms with Gasteiger partial charge in [-0.1, -0.05) is 0 Å². The van der Waals surface area contributed by atoms with Crippen LogP contribution in [0.3, 0.4) is 0 Å². The van der Waals surface area contributed by atoms with Crippen LogP contribution in [0.2, 0.25) is 0 Å². The summed E-state index contributed by atoms with van der Waals surface area (Å²) < 4.78 is 5.07. The predicted molar refractivity (Wildman–Crippen MR) is 51.1 cm³/mol. The van der Waals surface area contributed by atoms with Crippen LogP contribution >= 0.6 is 0 Å². The number of rotatable bonds is 5. The average Bonchev–Trinajstić information content (AvgIpc) is 2.14. The van der Waals surface area contributed by atoms with Crippen molar-refractivity contribution in [3.63, 3.8) is 0 Å². The van der Waals surface area contributed by atoms with Gasteiger partial charge in [-0.3, -0.25) is 0 Å². The monoisotopic (exact) mass is 269 g/mol. The Kier molecular flexibility index (Phi) is 5.44. The van der Waals surface area contributed by atoms with E-state index in [1.165, 1.54) is 47.8 Å². The summed E-state index contributed by atoms with van der Waals surface area (Å²) in [5.74, 6) is 0. The van der Waals surface area contributed by atoms with E-state index in [4.69, 9.17) is 3.07 Å². The molecule has 12 heavy (non-hydrogen) atoms. The molecule has 0 bridgehead atoms. The van der Waals surface area contributed by atoms with Crippen LogP contribution in [-0.2, 0) is 9.49 Å². The van der Waals surface area contributed by atoms with E-state index in [0.29, 0.717) is 0 Å². The summed E-state index contributed by atoms with van der Waals surface area (Å²) in [5.41, 5.74) is 1.43. The summed E-state index contributed by atoms with van der Waals surface area (Å²) >= 11 is 1.18. The predicted octanol–water partition coefficient (Wildman–Crippen LogP) is 2.11. The Morgan fingerprint density at radius 2 is 1.83 bits per heavy atom. The van der Waals surface area contributed by atoms with Gasteiger partial charge < -0.3 is 0 Å². The fourth-order valence-corrected chi connectivity index (χ4v) is 1.56. The number of aryl methyl sites for hydroxylation is 1. The molecule has 1 aromatic carbocycles. The summed E-state index contributed by atoms with van der Waals surface area (Å²) in [6.07, 6.45) is 3.60. The summed E-state index contributed by atoms with van der Waals surface area (Å²) in [4.78, 5) is 0. The van der Waals surface area contributed by atoms with Crippen LogP contribution in [0.5, 0.6) is 0 Å². The summed E-state index contributed by atoms with van der Waals surface area (Å²) in [7, 11) is 0. The number of hydrogen-bond donors (Lipinski definition) is 0. The fraction of sp³-hybridized carbons (Fsp3) is 0.400. The zero-order valence-electron chi connectivity index (χ0n) is 7.12. The maximum absolute atomic E-state index is 5.07. The van der Waals surface area contributed by atoms with E-state index < -0.39 is 0 Å². The van der Waals surface area contributed by atoms with Crippen LogP contribution in [0.4, 0.5) is 0 Å². The van der Waals surface area contributed by atoms with E-state index >= 15 is 0 Å². The van der Waals surface area contributed by atoms with Crippen LogP contribution < -0.4 is 0 Å². The van der Waals surface area contributed by atoms with Gasteiger partial charge in [0.15, 0.2) is 0 Å². The van der Waals surface area contributed by atoms with E-state index in [-0.39, 0.29) is 0 Å². The van der Waals surface area contributed by atoms with E-state index in [2.05, 4.69) is 30.3 Å². The van der Waals surface area contributed by atoms with Gasteiger partial charge in [0.1, 0.15) is 0 Å². The molecular weight excluding hydrogens is 255 g/mol. The van der Waals surface area contributed by atoms with Crippen LogP contribution in [-0.4, -0.2) is 29.5 Å². The van der Waals surface area contributed by atoms with E-state index in [0.717, 1.165) is 6.61 Å². The molecule has 0 saturated carbocycles. The van der Waals surface area contributed by atoms with Crippen molar-refractivity contribution >= 4 is 22.9 Å². The second-order valence-electron chi connectivity index (χ2n) is 2.79. The molecule has 0 atom stereocenters. The summed E-state index contributed by atoms with van der Waals surface area (Å²) in [6.45, 7) is 0.922. The molecule has 63 valence electrons. The van der Waals surface area contributed by atoms with Gasteiger partial charge in [0.25, 0.3) is 0 Å². The SMILES string of the molecule is [Sn][O]CCCCc1ccccc1. The van der Waals surface area contributed by atoms with Gasteiger partial charge >= 0.3 is 87.8 Å². The molecule has 0 saturated heterocycles. The zero-order valence-corrected chi connectivity index (χ0v) is 9.98. The number of unbranched alkanes of at least 4 members (excludes halogenated alkanes) is 1. The summed E-state index contributed by atoms with van der Waals surface area (Å²) in [6, 6.07) is 10.6. The van der Waals surface area contributed by atoms with E-state index in [1.54, 1.807) is 0 Å². The molecule has 0 aliphatic rings. The van der Waals surface area contributed by atoms with Gasteiger partial charge in [0.2, 0.25) is 0 Å². The fourth-order valence-electron chi connectivity index (χ4n) is 1.15. The molecular formula is C10H13OSn. The van der Waals surface area contributed by atoms with Crippen molar-refractivity contribution in [1.82, 2.24) is 0 Å². The van der Waals surface area contributed by atoms with Crippen molar-refractivity contribution < 1.29 is 3.07 Å². The van der Waals surface area contributed by atoms with Gasteiger partial charge in [-0.15, -0.1) is 0 Å².